The minimum absolute atomic E-state index is 0. The number of alkyl halides is 3. The van der Waals surface area contributed by atoms with Crippen molar-refractivity contribution in [3.05, 3.63) is 34.1 Å². The Hall–Kier alpha value is -1.05. The van der Waals surface area contributed by atoms with E-state index in [1.807, 2.05) is 0 Å². The minimum Gasteiger partial charge on any atom is -0.370 e. The Morgan fingerprint density at radius 1 is 1.35 bits per heavy atom. The molecule has 0 spiro atoms. The van der Waals surface area contributed by atoms with Crippen LogP contribution in [0.4, 0.5) is 17.6 Å². The highest BCUT2D eigenvalue weighted by Gasteiger charge is 2.38. The number of halogens is 6. The third-order valence-electron chi connectivity index (χ3n) is 2.73. The van der Waals surface area contributed by atoms with Crippen LogP contribution in [0.3, 0.4) is 0 Å². The summed E-state index contributed by atoms with van der Waals surface area (Å²) in [6, 6.07) is 0.913. The minimum atomic E-state index is -4.87. The fourth-order valence-corrected chi connectivity index (χ4v) is 2.22. The van der Waals surface area contributed by atoms with Gasteiger partial charge in [-0.15, -0.1) is 12.4 Å². The van der Waals surface area contributed by atoms with Crippen molar-refractivity contribution in [2.45, 2.75) is 12.2 Å². The Balaban J connectivity index is 0.00000200. The molecule has 0 aliphatic carbocycles. The fraction of sp³-hybridized carbons (Fsp3) is 0.364. The summed E-state index contributed by atoms with van der Waals surface area (Å²) in [6.45, 7) is 1.06. The summed E-state index contributed by atoms with van der Waals surface area (Å²) in [5, 5.41) is 2.12. The summed E-state index contributed by atoms with van der Waals surface area (Å²) in [5.74, 6) is -1.07. The quantitative estimate of drug-likeness (QED) is 0.818. The van der Waals surface area contributed by atoms with Crippen LogP contribution in [0.25, 0.3) is 0 Å². The van der Waals surface area contributed by atoms with Gasteiger partial charge >= 0.3 is 6.18 Å². The molecule has 0 saturated carbocycles. The van der Waals surface area contributed by atoms with Crippen molar-refractivity contribution in [1.29, 1.82) is 0 Å². The number of nitrogens with zero attached hydrogens (tertiary/aromatic N) is 1. The van der Waals surface area contributed by atoms with Crippen LogP contribution < -0.4 is 11.1 Å². The zero-order chi connectivity index (χ0) is 14.2. The summed E-state index contributed by atoms with van der Waals surface area (Å²) in [5.41, 5.74) is 4.29. The second kappa shape index (κ2) is 6.15. The van der Waals surface area contributed by atoms with E-state index in [0.717, 1.165) is 6.07 Å². The molecule has 20 heavy (non-hydrogen) atoms. The smallest absolute Gasteiger partial charge is 0.370 e. The largest absolute Gasteiger partial charge is 0.420 e. The molecule has 112 valence electrons. The fourth-order valence-electron chi connectivity index (χ4n) is 1.84. The highest BCUT2D eigenvalue weighted by Crippen LogP contribution is 2.39. The first-order valence-corrected chi connectivity index (χ1v) is 5.79. The van der Waals surface area contributed by atoms with Gasteiger partial charge in [-0.2, -0.15) is 13.2 Å². The Kier molecular flexibility index (Phi) is 5.23. The topological polar surface area (TPSA) is 50.4 Å². The third-order valence-corrected chi connectivity index (χ3v) is 3.14. The summed E-state index contributed by atoms with van der Waals surface area (Å²) in [4.78, 5) is 4.01. The van der Waals surface area contributed by atoms with Crippen molar-refractivity contribution in [2.75, 3.05) is 13.1 Å². The summed E-state index contributed by atoms with van der Waals surface area (Å²) in [6.07, 6.45) is -4.87. The van der Waals surface area contributed by atoms with Crippen molar-refractivity contribution < 1.29 is 17.6 Å². The highest BCUT2D eigenvalue weighted by atomic mass is 35.5. The van der Waals surface area contributed by atoms with Gasteiger partial charge in [-0.25, -0.2) is 4.39 Å². The molecule has 1 aromatic rings. The van der Waals surface area contributed by atoms with Crippen LogP contribution in [0.1, 0.15) is 17.2 Å². The van der Waals surface area contributed by atoms with Crippen molar-refractivity contribution >= 4 is 29.8 Å². The molecule has 1 unspecified atom stereocenters. The molecule has 1 aliphatic heterocycles. The van der Waals surface area contributed by atoms with Gasteiger partial charge in [0, 0.05) is 6.54 Å². The average molecular weight is 332 g/mol. The molecule has 1 heterocycles. The van der Waals surface area contributed by atoms with E-state index >= 15 is 0 Å². The molecule has 0 saturated heterocycles. The Morgan fingerprint density at radius 2 is 2.00 bits per heavy atom. The van der Waals surface area contributed by atoms with Crippen LogP contribution >= 0.6 is 24.0 Å². The van der Waals surface area contributed by atoms with Crippen LogP contribution in [0, 0.1) is 5.82 Å². The Labute approximate surface area is 123 Å². The van der Waals surface area contributed by atoms with Crippen molar-refractivity contribution in [3.63, 3.8) is 0 Å². The van der Waals surface area contributed by atoms with Crippen molar-refractivity contribution in [2.24, 2.45) is 10.7 Å². The molecular weight excluding hydrogens is 321 g/mol. The monoisotopic (exact) mass is 331 g/mol. The lowest BCUT2D eigenvalue weighted by Crippen LogP contribution is -2.31. The van der Waals surface area contributed by atoms with Crippen LogP contribution in [0.5, 0.6) is 0 Å². The normalized spacial score (nSPS) is 16.2. The molecule has 1 aromatic carbocycles. The SMILES string of the molecule is Cl.NC(C1=NCCN1)c1ccc(F)c(C(F)(F)F)c1Cl. The molecule has 9 heteroatoms. The van der Waals surface area contributed by atoms with Crippen LogP contribution in [-0.4, -0.2) is 18.9 Å². The van der Waals surface area contributed by atoms with E-state index in [-0.39, 0.29) is 18.0 Å². The van der Waals surface area contributed by atoms with Gasteiger partial charge in [-0.1, -0.05) is 17.7 Å². The number of nitrogens with one attached hydrogen (secondary N) is 1. The molecular formula is C11H11Cl2F4N3. The maximum absolute atomic E-state index is 13.3. The second-order valence-corrected chi connectivity index (χ2v) is 4.37. The average Bonchev–Trinajstić information content (AvgIpc) is 2.79. The van der Waals surface area contributed by atoms with Gasteiger partial charge in [0.2, 0.25) is 0 Å². The van der Waals surface area contributed by atoms with Gasteiger partial charge in [0.15, 0.2) is 0 Å². The highest BCUT2D eigenvalue weighted by molar-refractivity contribution is 6.32. The number of amidine groups is 1. The number of benzene rings is 1. The third kappa shape index (κ3) is 3.16. The molecule has 1 aliphatic rings. The first-order valence-electron chi connectivity index (χ1n) is 5.41. The van der Waals surface area contributed by atoms with Crippen molar-refractivity contribution in [1.82, 2.24) is 5.32 Å². The lowest BCUT2D eigenvalue weighted by molar-refractivity contribution is -0.139. The number of hydrogen-bond donors (Lipinski definition) is 2. The van der Waals surface area contributed by atoms with E-state index in [1.165, 1.54) is 0 Å². The van der Waals surface area contributed by atoms with Gasteiger partial charge in [0.1, 0.15) is 17.2 Å². The number of nitrogens with two attached hydrogens (primary N) is 1. The van der Waals surface area contributed by atoms with E-state index in [1.54, 1.807) is 0 Å². The number of aliphatic imine (C=N–C) groups is 1. The van der Waals surface area contributed by atoms with Crippen molar-refractivity contribution in [3.8, 4) is 0 Å². The number of rotatable bonds is 2. The second-order valence-electron chi connectivity index (χ2n) is 3.99. The lowest BCUT2D eigenvalue weighted by Gasteiger charge is -2.18. The molecule has 0 fully saturated rings. The van der Waals surface area contributed by atoms with Gasteiger partial charge in [0.05, 0.1) is 17.6 Å². The predicted octanol–water partition coefficient (Wildman–Crippen LogP) is 2.92. The first-order chi connectivity index (χ1) is 8.82. The van der Waals surface area contributed by atoms with Crippen LogP contribution in [-0.2, 0) is 6.18 Å². The van der Waals surface area contributed by atoms with E-state index in [9.17, 15) is 17.6 Å². The van der Waals surface area contributed by atoms with E-state index in [4.69, 9.17) is 17.3 Å². The summed E-state index contributed by atoms with van der Waals surface area (Å²) < 4.78 is 51.4. The molecule has 2 rings (SSSR count). The maximum atomic E-state index is 13.3. The first kappa shape index (κ1) is 17.0. The lowest BCUT2D eigenvalue weighted by atomic mass is 10.0. The predicted molar refractivity (Wildman–Crippen MR) is 70.9 cm³/mol. The van der Waals surface area contributed by atoms with Gasteiger partial charge < -0.3 is 11.1 Å². The zero-order valence-corrected chi connectivity index (χ0v) is 11.5. The molecule has 3 N–H and O–H groups in total. The molecule has 1 atom stereocenters. The van der Waals surface area contributed by atoms with Gasteiger partial charge in [-0.3, -0.25) is 4.99 Å². The van der Waals surface area contributed by atoms with E-state index in [0.29, 0.717) is 25.0 Å². The van der Waals surface area contributed by atoms with Crippen LogP contribution in [0.15, 0.2) is 17.1 Å². The van der Waals surface area contributed by atoms with E-state index < -0.39 is 28.6 Å². The summed E-state index contributed by atoms with van der Waals surface area (Å²) in [7, 11) is 0. The van der Waals surface area contributed by atoms with Gasteiger partial charge in [0.25, 0.3) is 0 Å². The molecule has 0 amide bonds. The molecule has 3 nitrogen and oxygen atoms in total. The molecule has 0 bridgehead atoms. The standard InChI is InChI=1S/C11H10ClF4N3.ClH/c12-8-5(9(17)10-18-3-4-19-10)1-2-6(13)7(8)11(14,15)16;/h1-2,9H,3-4,17H2,(H,18,19);1H. The van der Waals surface area contributed by atoms with Gasteiger partial charge in [-0.05, 0) is 11.6 Å². The zero-order valence-electron chi connectivity index (χ0n) is 9.97. The van der Waals surface area contributed by atoms with Crippen LogP contribution in [0.2, 0.25) is 5.02 Å². The maximum Gasteiger partial charge on any atom is 0.420 e. The Bertz CT molecular complexity index is 531. The van der Waals surface area contributed by atoms with E-state index in [2.05, 4.69) is 10.3 Å². The summed E-state index contributed by atoms with van der Waals surface area (Å²) >= 11 is 5.65. The molecule has 0 aromatic heterocycles. The number of hydrogen-bond acceptors (Lipinski definition) is 3. The Morgan fingerprint density at radius 3 is 2.50 bits per heavy atom. The molecule has 0 radical (unpaired) electrons.